The van der Waals surface area contributed by atoms with E-state index in [0.717, 1.165) is 6.07 Å². The zero-order chi connectivity index (χ0) is 12.8. The zero-order valence-electron chi connectivity index (χ0n) is 9.52. The van der Waals surface area contributed by atoms with Crippen molar-refractivity contribution in [2.24, 2.45) is 0 Å². The molecule has 0 aliphatic rings. The van der Waals surface area contributed by atoms with E-state index >= 15 is 0 Å². The molecule has 0 aliphatic carbocycles. The van der Waals surface area contributed by atoms with Crippen LogP contribution in [0.3, 0.4) is 0 Å². The number of hydrogen-bond donors (Lipinski definition) is 3. The van der Waals surface area contributed by atoms with Crippen molar-refractivity contribution in [2.75, 3.05) is 13.6 Å². The highest BCUT2D eigenvalue weighted by molar-refractivity contribution is 5.32. The maximum absolute atomic E-state index is 13.1. The molecule has 2 unspecified atom stereocenters. The molecule has 3 N–H and O–H groups in total. The van der Waals surface area contributed by atoms with Crippen molar-refractivity contribution in [2.45, 2.75) is 18.6 Å². The van der Waals surface area contributed by atoms with Crippen molar-refractivity contribution in [1.29, 1.82) is 5.26 Å². The van der Waals surface area contributed by atoms with Crippen molar-refractivity contribution in [1.82, 2.24) is 5.32 Å². The monoisotopic (exact) mass is 238 g/mol. The van der Waals surface area contributed by atoms with Crippen LogP contribution in [0.1, 0.15) is 17.2 Å². The highest BCUT2D eigenvalue weighted by atomic mass is 19.1. The van der Waals surface area contributed by atoms with Gasteiger partial charge in [0.1, 0.15) is 11.9 Å². The minimum absolute atomic E-state index is 0.0684. The lowest BCUT2D eigenvalue weighted by molar-refractivity contribution is 0.0196. The quantitative estimate of drug-likeness (QED) is 0.698. The van der Waals surface area contributed by atoms with Crippen molar-refractivity contribution in [3.05, 3.63) is 35.1 Å². The number of benzene rings is 1. The van der Waals surface area contributed by atoms with E-state index in [1.807, 2.05) is 6.07 Å². The Kier molecular flexibility index (Phi) is 5.04. The van der Waals surface area contributed by atoms with Gasteiger partial charge in [0, 0.05) is 6.54 Å². The number of aliphatic hydroxyl groups excluding tert-OH is 2. The number of nitrogens with zero attached hydrogens (tertiary/aromatic N) is 1. The maximum atomic E-state index is 13.1. The van der Waals surface area contributed by atoms with Gasteiger partial charge in [-0.1, -0.05) is 6.07 Å². The van der Waals surface area contributed by atoms with Crippen LogP contribution in [0.25, 0.3) is 0 Å². The van der Waals surface area contributed by atoms with Crippen LogP contribution in [0.5, 0.6) is 0 Å². The Balaban J connectivity index is 3.01. The fourth-order valence-electron chi connectivity index (χ4n) is 1.62. The summed E-state index contributed by atoms with van der Waals surface area (Å²) in [5, 5.41) is 30.9. The number of nitrogens with one attached hydrogen (secondary N) is 1. The highest BCUT2D eigenvalue weighted by Crippen LogP contribution is 2.22. The van der Waals surface area contributed by atoms with Crippen LogP contribution in [-0.4, -0.2) is 29.9 Å². The molecule has 0 aromatic heterocycles. The Morgan fingerprint density at radius 1 is 1.47 bits per heavy atom. The molecule has 5 heteroatoms. The molecule has 0 radical (unpaired) electrons. The van der Waals surface area contributed by atoms with E-state index in [1.165, 1.54) is 12.1 Å². The normalized spacial score (nSPS) is 14.1. The molecule has 0 fully saturated rings. The van der Waals surface area contributed by atoms with Gasteiger partial charge in [-0.2, -0.15) is 5.26 Å². The number of hydrogen-bond acceptors (Lipinski definition) is 4. The lowest BCUT2D eigenvalue weighted by atomic mass is 9.97. The second-order valence-electron chi connectivity index (χ2n) is 3.75. The lowest BCUT2D eigenvalue weighted by Crippen LogP contribution is -2.30. The second-order valence-corrected chi connectivity index (χ2v) is 3.75. The van der Waals surface area contributed by atoms with Crippen molar-refractivity contribution >= 4 is 0 Å². The van der Waals surface area contributed by atoms with Crippen molar-refractivity contribution in [3.8, 4) is 6.07 Å². The van der Waals surface area contributed by atoms with Gasteiger partial charge in [0.15, 0.2) is 0 Å². The van der Waals surface area contributed by atoms with Gasteiger partial charge in [-0.3, -0.25) is 0 Å². The topological polar surface area (TPSA) is 76.3 Å². The number of halogens is 1. The summed E-state index contributed by atoms with van der Waals surface area (Å²) in [6.07, 6.45) is -2.18. The molecule has 0 amide bonds. The van der Waals surface area contributed by atoms with Gasteiger partial charge in [-0.05, 0) is 30.3 Å². The minimum Gasteiger partial charge on any atom is -0.389 e. The first-order chi connectivity index (χ1) is 8.10. The van der Waals surface area contributed by atoms with Crippen molar-refractivity contribution < 1.29 is 14.6 Å². The molecule has 0 aliphatic heterocycles. The van der Waals surface area contributed by atoms with Gasteiger partial charge in [0.25, 0.3) is 0 Å². The molecular weight excluding hydrogens is 223 g/mol. The minimum atomic E-state index is -1.21. The number of aliphatic hydroxyl groups is 2. The largest absolute Gasteiger partial charge is 0.389 e. The molecule has 0 bridgehead atoms. The van der Waals surface area contributed by atoms with E-state index in [0.29, 0.717) is 5.56 Å². The van der Waals surface area contributed by atoms with Crippen molar-refractivity contribution in [3.63, 3.8) is 0 Å². The summed E-state index contributed by atoms with van der Waals surface area (Å²) in [6.45, 7) is 0.184. The van der Waals surface area contributed by atoms with E-state index in [4.69, 9.17) is 5.26 Å². The van der Waals surface area contributed by atoms with Crippen LogP contribution in [0.15, 0.2) is 18.2 Å². The first-order valence-electron chi connectivity index (χ1n) is 5.26. The molecule has 0 saturated carbocycles. The Morgan fingerprint density at radius 3 is 2.76 bits per heavy atom. The van der Waals surface area contributed by atoms with E-state index in [9.17, 15) is 14.6 Å². The van der Waals surface area contributed by atoms with Gasteiger partial charge in [0.05, 0.1) is 18.6 Å². The molecule has 2 atom stereocenters. The Labute approximate surface area is 99.3 Å². The molecule has 92 valence electrons. The third-order valence-corrected chi connectivity index (χ3v) is 2.47. The van der Waals surface area contributed by atoms with Crippen LogP contribution in [0.4, 0.5) is 4.39 Å². The summed E-state index contributed by atoms with van der Waals surface area (Å²) in [5.41, 5.74) is 0.783. The Bertz CT molecular complexity index is 417. The summed E-state index contributed by atoms with van der Waals surface area (Å²) in [4.78, 5) is 0. The molecule has 17 heavy (non-hydrogen) atoms. The third kappa shape index (κ3) is 3.49. The molecular formula is C12H15FN2O2. The van der Waals surface area contributed by atoms with Gasteiger partial charge in [-0.25, -0.2) is 4.39 Å². The Morgan fingerprint density at radius 2 is 2.18 bits per heavy atom. The molecule has 0 spiro atoms. The Hall–Kier alpha value is -1.48. The predicted molar refractivity (Wildman–Crippen MR) is 60.6 cm³/mol. The van der Waals surface area contributed by atoms with Gasteiger partial charge in [-0.15, -0.1) is 0 Å². The van der Waals surface area contributed by atoms with Gasteiger partial charge in [0.2, 0.25) is 0 Å². The van der Waals surface area contributed by atoms with Crippen LogP contribution < -0.4 is 5.32 Å². The van der Waals surface area contributed by atoms with Gasteiger partial charge < -0.3 is 15.5 Å². The SMILES string of the molecule is CNCC(O)C(O)c1cc(F)ccc1CC#N. The number of likely N-dealkylation sites (N-methyl/N-ethyl adjacent to an activating group) is 1. The van der Waals surface area contributed by atoms with E-state index < -0.39 is 18.0 Å². The maximum Gasteiger partial charge on any atom is 0.123 e. The van der Waals surface area contributed by atoms with Crippen LogP contribution in [0.2, 0.25) is 0 Å². The van der Waals surface area contributed by atoms with E-state index in [1.54, 1.807) is 7.05 Å². The average Bonchev–Trinajstić information content (AvgIpc) is 2.31. The lowest BCUT2D eigenvalue weighted by Gasteiger charge is -2.20. The molecule has 4 nitrogen and oxygen atoms in total. The highest BCUT2D eigenvalue weighted by Gasteiger charge is 2.20. The molecule has 1 aromatic carbocycles. The number of rotatable bonds is 5. The average molecular weight is 238 g/mol. The zero-order valence-corrected chi connectivity index (χ0v) is 9.52. The van der Waals surface area contributed by atoms with Crippen LogP contribution in [0, 0.1) is 17.1 Å². The van der Waals surface area contributed by atoms with Crippen LogP contribution >= 0.6 is 0 Å². The summed E-state index contributed by atoms with van der Waals surface area (Å²) in [6, 6.07) is 5.76. The smallest absolute Gasteiger partial charge is 0.123 e. The summed E-state index contributed by atoms with van der Waals surface area (Å²) >= 11 is 0. The predicted octanol–water partition coefficient (Wildman–Crippen LogP) is 0.505. The molecule has 1 rings (SSSR count). The van der Waals surface area contributed by atoms with Gasteiger partial charge >= 0.3 is 0 Å². The second kappa shape index (κ2) is 6.30. The first-order valence-corrected chi connectivity index (χ1v) is 5.26. The standard InChI is InChI=1S/C12H15FN2O2/c1-15-7-11(16)12(17)10-6-9(13)3-2-8(10)4-5-14/h2-3,6,11-12,15-17H,4,7H2,1H3. The third-order valence-electron chi connectivity index (χ3n) is 2.47. The summed E-state index contributed by atoms with van der Waals surface area (Å²) < 4.78 is 13.1. The summed E-state index contributed by atoms with van der Waals surface area (Å²) in [5.74, 6) is -0.502. The molecule has 1 aromatic rings. The summed E-state index contributed by atoms with van der Waals surface area (Å²) in [7, 11) is 1.64. The molecule has 0 heterocycles. The fraction of sp³-hybridized carbons (Fsp3) is 0.417. The first kappa shape index (κ1) is 13.6. The fourth-order valence-corrected chi connectivity index (χ4v) is 1.62. The van der Waals surface area contributed by atoms with E-state index in [-0.39, 0.29) is 18.5 Å². The number of nitriles is 1. The molecule has 0 saturated heterocycles. The van der Waals surface area contributed by atoms with Crippen LogP contribution in [-0.2, 0) is 6.42 Å². The van der Waals surface area contributed by atoms with E-state index in [2.05, 4.69) is 5.32 Å².